The molecule has 1 fully saturated rings. The number of fused-ring (bicyclic) bond motifs is 1. The van der Waals surface area contributed by atoms with Gasteiger partial charge in [-0.15, -0.1) is 0 Å². The molecule has 0 bridgehead atoms. The van der Waals surface area contributed by atoms with Crippen molar-refractivity contribution in [2.24, 2.45) is 5.92 Å². The van der Waals surface area contributed by atoms with Crippen molar-refractivity contribution in [3.05, 3.63) is 35.4 Å². The smallest absolute Gasteiger partial charge is 0.0948 e. The third kappa shape index (κ3) is 3.01. The number of aliphatic hydroxyl groups is 1. The molecule has 1 aliphatic carbocycles. The number of likely N-dealkylation sites (tertiary alicyclic amines) is 1. The fraction of sp³-hybridized carbons (Fsp3) is 0.667. The lowest BCUT2D eigenvalue weighted by molar-refractivity contribution is -0.00274. The van der Waals surface area contributed by atoms with Gasteiger partial charge in [0.25, 0.3) is 0 Å². The lowest BCUT2D eigenvalue weighted by Crippen LogP contribution is -2.48. The van der Waals surface area contributed by atoms with Crippen LogP contribution >= 0.6 is 0 Å². The first-order valence-corrected chi connectivity index (χ1v) is 8.20. The summed E-state index contributed by atoms with van der Waals surface area (Å²) in [6, 6.07) is 8.65. The molecule has 4 unspecified atom stereocenters. The first kappa shape index (κ1) is 15.0. The zero-order valence-corrected chi connectivity index (χ0v) is 13.2. The Morgan fingerprint density at radius 3 is 2.81 bits per heavy atom. The largest absolute Gasteiger partial charge is 0.387 e. The Hall–Kier alpha value is -0.900. The van der Waals surface area contributed by atoms with Crippen molar-refractivity contribution < 1.29 is 9.84 Å². The van der Waals surface area contributed by atoms with Crippen molar-refractivity contribution in [1.82, 2.24) is 4.90 Å². The first-order chi connectivity index (χ1) is 10.2. The number of hydrogen-bond acceptors (Lipinski definition) is 3. The summed E-state index contributed by atoms with van der Waals surface area (Å²) in [5, 5.41) is 10.8. The Labute approximate surface area is 127 Å². The molecule has 3 rings (SSSR count). The maximum atomic E-state index is 10.8. The maximum absolute atomic E-state index is 10.8. The van der Waals surface area contributed by atoms with Crippen molar-refractivity contribution in [3.63, 3.8) is 0 Å². The highest BCUT2D eigenvalue weighted by atomic mass is 16.5. The number of rotatable bonds is 3. The Bertz CT molecular complexity index is 474. The average Bonchev–Trinajstić information content (AvgIpc) is 2.51. The molecule has 4 atom stereocenters. The molecule has 116 valence electrons. The van der Waals surface area contributed by atoms with E-state index in [2.05, 4.69) is 30.0 Å². The molecule has 21 heavy (non-hydrogen) atoms. The number of hydrogen-bond donors (Lipinski definition) is 1. The van der Waals surface area contributed by atoms with E-state index in [1.165, 1.54) is 18.4 Å². The second-order valence-corrected chi connectivity index (χ2v) is 6.74. The molecule has 0 aromatic heterocycles. The van der Waals surface area contributed by atoms with E-state index in [0.717, 1.165) is 31.7 Å². The van der Waals surface area contributed by atoms with Crippen molar-refractivity contribution in [2.75, 3.05) is 26.8 Å². The van der Waals surface area contributed by atoms with Crippen molar-refractivity contribution in [3.8, 4) is 0 Å². The number of aliphatic hydroxyl groups excluding tert-OH is 1. The molecule has 1 saturated heterocycles. The van der Waals surface area contributed by atoms with Crippen LogP contribution in [-0.4, -0.2) is 42.9 Å². The van der Waals surface area contributed by atoms with E-state index in [9.17, 15) is 5.11 Å². The molecule has 0 amide bonds. The van der Waals surface area contributed by atoms with Gasteiger partial charge in [-0.25, -0.2) is 0 Å². The Morgan fingerprint density at radius 2 is 2.05 bits per heavy atom. The van der Waals surface area contributed by atoms with Crippen LogP contribution in [0, 0.1) is 5.92 Å². The number of piperidine rings is 1. The van der Waals surface area contributed by atoms with E-state index in [1.807, 2.05) is 6.07 Å². The number of benzene rings is 1. The van der Waals surface area contributed by atoms with E-state index in [0.29, 0.717) is 11.8 Å². The van der Waals surface area contributed by atoms with E-state index in [-0.39, 0.29) is 12.1 Å². The highest BCUT2D eigenvalue weighted by Crippen LogP contribution is 2.40. The van der Waals surface area contributed by atoms with Gasteiger partial charge in [0.1, 0.15) is 0 Å². The zero-order chi connectivity index (χ0) is 14.8. The van der Waals surface area contributed by atoms with Gasteiger partial charge in [-0.3, -0.25) is 4.90 Å². The molecule has 0 saturated carbocycles. The van der Waals surface area contributed by atoms with Gasteiger partial charge < -0.3 is 9.84 Å². The van der Waals surface area contributed by atoms with E-state index < -0.39 is 0 Å². The standard InChI is InChI=1S/C18H27NO2/c1-13-10-17(18(20)16-8-4-3-7-15(13)16)19-9-5-6-14(11-19)12-21-2/h3-4,7-8,13-14,17-18,20H,5-6,9-12H2,1-2H3. The summed E-state index contributed by atoms with van der Waals surface area (Å²) in [4.78, 5) is 2.50. The molecular formula is C18H27NO2. The molecule has 1 heterocycles. The second kappa shape index (κ2) is 6.47. The summed E-state index contributed by atoms with van der Waals surface area (Å²) >= 11 is 0. The first-order valence-electron chi connectivity index (χ1n) is 8.20. The minimum Gasteiger partial charge on any atom is -0.387 e. The van der Waals surface area contributed by atoms with Crippen LogP contribution in [0.3, 0.4) is 0 Å². The van der Waals surface area contributed by atoms with Crippen LogP contribution in [0.25, 0.3) is 0 Å². The van der Waals surface area contributed by atoms with Crippen LogP contribution in [0.1, 0.15) is 49.3 Å². The van der Waals surface area contributed by atoms with Gasteiger partial charge in [0.2, 0.25) is 0 Å². The topological polar surface area (TPSA) is 32.7 Å². The van der Waals surface area contributed by atoms with Gasteiger partial charge >= 0.3 is 0 Å². The monoisotopic (exact) mass is 289 g/mol. The molecule has 1 aromatic rings. The van der Waals surface area contributed by atoms with Crippen LogP contribution in [0.2, 0.25) is 0 Å². The van der Waals surface area contributed by atoms with Gasteiger partial charge in [-0.05, 0) is 48.8 Å². The number of nitrogens with zero attached hydrogens (tertiary/aromatic N) is 1. The normalized spacial score (nSPS) is 33.7. The van der Waals surface area contributed by atoms with E-state index in [1.54, 1.807) is 7.11 Å². The third-order valence-electron chi connectivity index (χ3n) is 5.23. The van der Waals surface area contributed by atoms with Crippen molar-refractivity contribution in [1.29, 1.82) is 0 Å². The van der Waals surface area contributed by atoms with Crippen molar-refractivity contribution in [2.45, 2.75) is 44.2 Å². The molecule has 0 radical (unpaired) electrons. The van der Waals surface area contributed by atoms with E-state index in [4.69, 9.17) is 4.74 Å². The highest BCUT2D eigenvalue weighted by molar-refractivity contribution is 5.35. The Balaban J connectivity index is 1.77. The van der Waals surface area contributed by atoms with Crippen LogP contribution in [0.15, 0.2) is 24.3 Å². The van der Waals surface area contributed by atoms with Crippen LogP contribution in [0.5, 0.6) is 0 Å². The van der Waals surface area contributed by atoms with Crippen molar-refractivity contribution >= 4 is 0 Å². The Kier molecular flexibility index (Phi) is 4.63. The summed E-state index contributed by atoms with van der Waals surface area (Å²) in [5.41, 5.74) is 2.46. The fourth-order valence-electron chi connectivity index (χ4n) is 4.17. The zero-order valence-electron chi connectivity index (χ0n) is 13.2. The van der Waals surface area contributed by atoms with Crippen LogP contribution in [-0.2, 0) is 4.74 Å². The molecule has 1 aromatic carbocycles. The lowest BCUT2D eigenvalue weighted by atomic mass is 9.78. The SMILES string of the molecule is COCC1CCCN(C2CC(C)c3ccccc3C2O)C1. The summed E-state index contributed by atoms with van der Waals surface area (Å²) < 4.78 is 5.33. The molecular weight excluding hydrogens is 262 g/mol. The quantitative estimate of drug-likeness (QED) is 0.928. The number of methoxy groups -OCH3 is 1. The second-order valence-electron chi connectivity index (χ2n) is 6.74. The Morgan fingerprint density at radius 1 is 1.29 bits per heavy atom. The van der Waals surface area contributed by atoms with Gasteiger partial charge in [-0.1, -0.05) is 31.2 Å². The molecule has 2 aliphatic rings. The van der Waals surface area contributed by atoms with Crippen LogP contribution < -0.4 is 0 Å². The van der Waals surface area contributed by atoms with Gasteiger partial charge in [-0.2, -0.15) is 0 Å². The maximum Gasteiger partial charge on any atom is 0.0948 e. The third-order valence-corrected chi connectivity index (χ3v) is 5.23. The van der Waals surface area contributed by atoms with Gasteiger partial charge in [0.05, 0.1) is 12.7 Å². The molecule has 1 N–H and O–H groups in total. The van der Waals surface area contributed by atoms with Gasteiger partial charge in [0.15, 0.2) is 0 Å². The van der Waals surface area contributed by atoms with Gasteiger partial charge in [0, 0.05) is 19.7 Å². The molecule has 1 aliphatic heterocycles. The summed E-state index contributed by atoms with van der Waals surface area (Å²) in [6.45, 7) is 5.29. The molecule has 3 nitrogen and oxygen atoms in total. The minimum absolute atomic E-state index is 0.259. The van der Waals surface area contributed by atoms with E-state index >= 15 is 0 Å². The minimum atomic E-state index is -0.348. The summed E-state index contributed by atoms with van der Waals surface area (Å²) in [5.74, 6) is 1.14. The summed E-state index contributed by atoms with van der Waals surface area (Å²) in [6.07, 6.45) is 3.17. The lowest BCUT2D eigenvalue weighted by Gasteiger charge is -2.44. The molecule has 0 spiro atoms. The van der Waals surface area contributed by atoms with Crippen LogP contribution in [0.4, 0.5) is 0 Å². The number of ether oxygens (including phenoxy) is 1. The fourth-order valence-corrected chi connectivity index (χ4v) is 4.17. The highest BCUT2D eigenvalue weighted by Gasteiger charge is 2.37. The average molecular weight is 289 g/mol. The summed E-state index contributed by atoms with van der Waals surface area (Å²) in [7, 11) is 1.78. The predicted octanol–water partition coefficient (Wildman–Crippen LogP) is 2.95. The molecule has 3 heteroatoms. The predicted molar refractivity (Wildman–Crippen MR) is 84.4 cm³/mol.